The first-order chi connectivity index (χ1) is 12.6. The van der Waals surface area contributed by atoms with Crippen LogP contribution in [-0.4, -0.2) is 36.3 Å². The van der Waals surface area contributed by atoms with Crippen molar-refractivity contribution in [3.63, 3.8) is 0 Å². The van der Waals surface area contributed by atoms with Crippen LogP contribution >= 0.6 is 0 Å². The predicted octanol–water partition coefficient (Wildman–Crippen LogP) is 3.27. The number of para-hydroxylation sites is 1. The number of furan rings is 1. The minimum Gasteiger partial charge on any atom is -0.467 e. The summed E-state index contributed by atoms with van der Waals surface area (Å²) < 4.78 is 5.21. The molecule has 26 heavy (non-hydrogen) atoms. The van der Waals surface area contributed by atoms with Crippen molar-refractivity contribution >= 4 is 17.5 Å². The summed E-state index contributed by atoms with van der Waals surface area (Å²) in [4.78, 5) is 27.0. The van der Waals surface area contributed by atoms with Gasteiger partial charge in [0.15, 0.2) is 0 Å². The molecular formula is C20H27N3O3. The van der Waals surface area contributed by atoms with Crippen LogP contribution in [0.25, 0.3) is 0 Å². The molecule has 0 aliphatic rings. The van der Waals surface area contributed by atoms with Crippen LogP contribution in [0.1, 0.15) is 42.8 Å². The number of rotatable bonds is 10. The topological polar surface area (TPSA) is 74.6 Å². The smallest absolute Gasteiger partial charge is 0.253 e. The molecule has 6 heteroatoms. The van der Waals surface area contributed by atoms with Crippen molar-refractivity contribution in [3.8, 4) is 0 Å². The number of anilines is 1. The Morgan fingerprint density at radius 2 is 1.77 bits per heavy atom. The zero-order valence-electron chi connectivity index (χ0n) is 15.5. The summed E-state index contributed by atoms with van der Waals surface area (Å²) in [6.45, 7) is 6.58. The SMILES string of the molecule is CCCN(CCC)CC(=O)Nc1ccccc1C(=O)NCc1ccco1. The van der Waals surface area contributed by atoms with E-state index in [-0.39, 0.29) is 11.8 Å². The molecule has 2 aromatic rings. The van der Waals surface area contributed by atoms with Crippen molar-refractivity contribution in [1.29, 1.82) is 0 Å². The summed E-state index contributed by atoms with van der Waals surface area (Å²) in [7, 11) is 0. The van der Waals surface area contributed by atoms with E-state index in [2.05, 4.69) is 29.4 Å². The Bertz CT molecular complexity index is 692. The lowest BCUT2D eigenvalue weighted by Crippen LogP contribution is -2.35. The van der Waals surface area contributed by atoms with Gasteiger partial charge >= 0.3 is 0 Å². The van der Waals surface area contributed by atoms with Crippen molar-refractivity contribution in [2.75, 3.05) is 25.0 Å². The highest BCUT2D eigenvalue weighted by molar-refractivity contribution is 6.04. The Morgan fingerprint density at radius 1 is 1.04 bits per heavy atom. The fraction of sp³-hybridized carbons (Fsp3) is 0.400. The van der Waals surface area contributed by atoms with Gasteiger partial charge in [0.1, 0.15) is 5.76 Å². The lowest BCUT2D eigenvalue weighted by Gasteiger charge is -2.20. The summed E-state index contributed by atoms with van der Waals surface area (Å²) in [5.41, 5.74) is 0.951. The molecule has 1 aromatic carbocycles. The second kappa shape index (κ2) is 10.4. The maximum absolute atomic E-state index is 12.5. The van der Waals surface area contributed by atoms with E-state index in [1.165, 1.54) is 0 Å². The molecule has 0 bridgehead atoms. The quantitative estimate of drug-likeness (QED) is 0.684. The monoisotopic (exact) mass is 357 g/mol. The van der Waals surface area contributed by atoms with Crippen LogP contribution in [0.3, 0.4) is 0 Å². The van der Waals surface area contributed by atoms with E-state index >= 15 is 0 Å². The second-order valence-electron chi connectivity index (χ2n) is 6.13. The van der Waals surface area contributed by atoms with E-state index in [0.717, 1.165) is 25.9 Å². The van der Waals surface area contributed by atoms with Gasteiger partial charge in [-0.25, -0.2) is 0 Å². The van der Waals surface area contributed by atoms with Crippen LogP contribution in [0, 0.1) is 0 Å². The van der Waals surface area contributed by atoms with Crippen LogP contribution in [0.2, 0.25) is 0 Å². The fourth-order valence-electron chi connectivity index (χ4n) is 2.76. The number of carbonyl (C=O) groups excluding carboxylic acids is 2. The first-order valence-corrected chi connectivity index (χ1v) is 9.05. The van der Waals surface area contributed by atoms with Crippen molar-refractivity contribution in [3.05, 3.63) is 54.0 Å². The van der Waals surface area contributed by atoms with E-state index in [1.54, 1.807) is 42.7 Å². The van der Waals surface area contributed by atoms with Crippen LogP contribution in [0.15, 0.2) is 47.1 Å². The molecule has 0 saturated carbocycles. The molecule has 0 aliphatic heterocycles. The zero-order valence-corrected chi connectivity index (χ0v) is 15.5. The van der Waals surface area contributed by atoms with Gasteiger partial charge in [-0.2, -0.15) is 0 Å². The average Bonchev–Trinajstić information content (AvgIpc) is 3.14. The molecule has 2 rings (SSSR count). The Kier molecular flexibility index (Phi) is 7.89. The summed E-state index contributed by atoms with van der Waals surface area (Å²) in [5.74, 6) is 0.309. The Hall–Kier alpha value is -2.60. The van der Waals surface area contributed by atoms with Crippen molar-refractivity contribution in [1.82, 2.24) is 10.2 Å². The van der Waals surface area contributed by atoms with E-state index < -0.39 is 0 Å². The second-order valence-corrected chi connectivity index (χ2v) is 6.13. The number of hydrogen-bond donors (Lipinski definition) is 2. The molecule has 140 valence electrons. The van der Waals surface area contributed by atoms with Gasteiger partial charge < -0.3 is 15.1 Å². The van der Waals surface area contributed by atoms with Gasteiger partial charge in [0.05, 0.1) is 30.6 Å². The van der Waals surface area contributed by atoms with Crippen molar-refractivity contribution in [2.24, 2.45) is 0 Å². The maximum Gasteiger partial charge on any atom is 0.253 e. The number of nitrogens with one attached hydrogen (secondary N) is 2. The van der Waals surface area contributed by atoms with Gasteiger partial charge in [0.2, 0.25) is 5.91 Å². The highest BCUT2D eigenvalue weighted by Crippen LogP contribution is 2.15. The van der Waals surface area contributed by atoms with Crippen molar-refractivity contribution in [2.45, 2.75) is 33.2 Å². The zero-order chi connectivity index (χ0) is 18.8. The highest BCUT2D eigenvalue weighted by Gasteiger charge is 2.15. The number of benzene rings is 1. The van der Waals surface area contributed by atoms with Gasteiger partial charge in [-0.15, -0.1) is 0 Å². The summed E-state index contributed by atoms with van der Waals surface area (Å²) in [6, 6.07) is 10.6. The molecule has 0 saturated heterocycles. The maximum atomic E-state index is 12.5. The number of carbonyl (C=O) groups is 2. The molecule has 2 N–H and O–H groups in total. The molecule has 6 nitrogen and oxygen atoms in total. The first kappa shape index (κ1) is 19.7. The molecule has 0 unspecified atom stereocenters. The molecule has 0 atom stereocenters. The van der Waals surface area contributed by atoms with Gasteiger partial charge in [-0.3, -0.25) is 14.5 Å². The van der Waals surface area contributed by atoms with Gasteiger partial charge in [-0.1, -0.05) is 26.0 Å². The van der Waals surface area contributed by atoms with Crippen LogP contribution in [-0.2, 0) is 11.3 Å². The number of amides is 2. The normalized spacial score (nSPS) is 10.7. The summed E-state index contributed by atoms with van der Waals surface area (Å²) in [5, 5.41) is 5.67. The van der Waals surface area contributed by atoms with E-state index in [1.807, 2.05) is 0 Å². The van der Waals surface area contributed by atoms with Crippen LogP contribution in [0.5, 0.6) is 0 Å². The fourth-order valence-corrected chi connectivity index (χ4v) is 2.76. The molecule has 0 fully saturated rings. The predicted molar refractivity (Wildman–Crippen MR) is 102 cm³/mol. The summed E-state index contributed by atoms with van der Waals surface area (Å²) in [6.07, 6.45) is 3.56. The molecule has 1 aromatic heterocycles. The lowest BCUT2D eigenvalue weighted by atomic mass is 10.1. The minimum atomic E-state index is -0.253. The standard InChI is InChI=1S/C20H27N3O3/c1-3-11-23(12-4-2)15-19(24)22-18-10-6-5-9-17(18)20(25)21-14-16-8-7-13-26-16/h5-10,13H,3-4,11-12,14-15H2,1-2H3,(H,21,25)(H,22,24). The summed E-state index contributed by atoms with van der Waals surface area (Å²) >= 11 is 0. The Morgan fingerprint density at radius 3 is 2.42 bits per heavy atom. The number of nitrogens with zero attached hydrogens (tertiary/aromatic N) is 1. The molecular weight excluding hydrogens is 330 g/mol. The lowest BCUT2D eigenvalue weighted by molar-refractivity contribution is -0.117. The van der Waals surface area contributed by atoms with E-state index in [4.69, 9.17) is 4.42 Å². The average molecular weight is 357 g/mol. The molecule has 2 amide bonds. The Labute approximate surface area is 154 Å². The van der Waals surface area contributed by atoms with Gasteiger partial charge in [-0.05, 0) is 50.2 Å². The number of hydrogen-bond acceptors (Lipinski definition) is 4. The third-order valence-electron chi connectivity index (χ3n) is 3.90. The van der Waals surface area contributed by atoms with Crippen molar-refractivity contribution < 1.29 is 14.0 Å². The van der Waals surface area contributed by atoms with E-state index in [9.17, 15) is 9.59 Å². The van der Waals surface area contributed by atoms with Crippen LogP contribution < -0.4 is 10.6 Å². The highest BCUT2D eigenvalue weighted by atomic mass is 16.3. The van der Waals surface area contributed by atoms with Crippen LogP contribution in [0.4, 0.5) is 5.69 Å². The van der Waals surface area contributed by atoms with Gasteiger partial charge in [0, 0.05) is 0 Å². The molecule has 0 spiro atoms. The molecule has 0 aliphatic carbocycles. The van der Waals surface area contributed by atoms with Gasteiger partial charge in [0.25, 0.3) is 5.91 Å². The molecule has 1 heterocycles. The minimum absolute atomic E-state index is 0.113. The largest absolute Gasteiger partial charge is 0.467 e. The Balaban J connectivity index is 1.98. The first-order valence-electron chi connectivity index (χ1n) is 9.05. The van der Waals surface area contributed by atoms with E-state index in [0.29, 0.717) is 30.1 Å². The third-order valence-corrected chi connectivity index (χ3v) is 3.90. The molecule has 0 radical (unpaired) electrons. The third kappa shape index (κ3) is 6.04.